The number of amides is 1. The van der Waals surface area contributed by atoms with Crippen LogP contribution in [0.5, 0.6) is 0 Å². The number of anilines is 1. The molecule has 1 N–H and O–H groups in total. The summed E-state index contributed by atoms with van der Waals surface area (Å²) in [5, 5.41) is 5.82. The molecule has 0 fully saturated rings. The van der Waals surface area contributed by atoms with Crippen molar-refractivity contribution in [2.24, 2.45) is 0 Å². The van der Waals surface area contributed by atoms with E-state index < -0.39 is 15.9 Å². The van der Waals surface area contributed by atoms with E-state index in [4.69, 9.17) is 0 Å². The first kappa shape index (κ1) is 26.7. The third-order valence-corrected chi connectivity index (χ3v) is 9.00. The number of nitrogens with zero attached hydrogens (tertiary/aromatic N) is 2. The molecule has 3 aromatic carbocycles. The second-order valence-corrected chi connectivity index (χ2v) is 12.1. The van der Waals surface area contributed by atoms with Gasteiger partial charge in [-0.05, 0) is 62.9 Å². The number of hydrogen-bond donors (Lipinski definition) is 1. The van der Waals surface area contributed by atoms with Gasteiger partial charge in [0.15, 0.2) is 0 Å². The van der Waals surface area contributed by atoms with Crippen LogP contribution in [0.15, 0.2) is 77.0 Å². The molecule has 6 nitrogen and oxygen atoms in total. The molecule has 4 rings (SSSR count). The molecule has 8 heteroatoms. The minimum absolute atomic E-state index is 0.185. The second kappa shape index (κ2) is 11.4. The number of carbonyl (C=O) groups excluding carboxylic acids is 1. The number of thiazole rings is 1. The fraction of sp³-hybridized carbons (Fsp3) is 0.241. The number of sulfonamides is 1. The van der Waals surface area contributed by atoms with Crippen LogP contribution < -0.4 is 5.32 Å². The highest BCUT2D eigenvalue weighted by Gasteiger charge is 2.29. The lowest BCUT2D eigenvalue weighted by Gasteiger charge is -2.24. The van der Waals surface area contributed by atoms with E-state index in [1.165, 1.54) is 4.31 Å². The Morgan fingerprint density at radius 3 is 2.30 bits per heavy atom. The predicted molar refractivity (Wildman–Crippen MR) is 150 cm³/mol. The predicted octanol–water partition coefficient (Wildman–Crippen LogP) is 5.92. The van der Waals surface area contributed by atoms with Gasteiger partial charge < -0.3 is 5.32 Å². The maximum absolute atomic E-state index is 13.9. The molecule has 0 atom stereocenters. The maximum Gasteiger partial charge on any atom is 0.244 e. The zero-order valence-corrected chi connectivity index (χ0v) is 23.1. The molecule has 1 heterocycles. The summed E-state index contributed by atoms with van der Waals surface area (Å²) in [4.78, 5) is 17.9. The van der Waals surface area contributed by atoms with Crippen molar-refractivity contribution < 1.29 is 13.2 Å². The summed E-state index contributed by atoms with van der Waals surface area (Å²) in [7, 11) is -3.92. The number of carbonyl (C=O) groups is 1. The van der Waals surface area contributed by atoms with Gasteiger partial charge in [-0.3, -0.25) is 4.79 Å². The molecule has 0 unspecified atom stereocenters. The molecule has 1 amide bonds. The topological polar surface area (TPSA) is 79.4 Å². The minimum atomic E-state index is -3.92. The fourth-order valence-electron chi connectivity index (χ4n) is 4.50. The Labute approximate surface area is 223 Å². The van der Waals surface area contributed by atoms with Crippen LogP contribution in [0.25, 0.3) is 11.3 Å². The van der Waals surface area contributed by atoms with Crippen LogP contribution in [0.2, 0.25) is 0 Å². The number of aryl methyl sites for hydroxylation is 4. The lowest BCUT2D eigenvalue weighted by atomic mass is 10.1. The zero-order chi connectivity index (χ0) is 26.6. The van der Waals surface area contributed by atoms with Crippen LogP contribution in [-0.2, 0) is 21.2 Å². The summed E-state index contributed by atoms with van der Waals surface area (Å²) >= 11 is 1.56. The van der Waals surface area contributed by atoms with Gasteiger partial charge in [0, 0.05) is 23.2 Å². The van der Waals surface area contributed by atoms with Crippen molar-refractivity contribution in [2.75, 3.05) is 18.4 Å². The summed E-state index contributed by atoms with van der Waals surface area (Å²) in [5.74, 6) is -0.398. The summed E-state index contributed by atoms with van der Waals surface area (Å²) in [6, 6.07) is 20.8. The molecule has 0 aliphatic heterocycles. The highest BCUT2D eigenvalue weighted by Crippen LogP contribution is 2.27. The van der Waals surface area contributed by atoms with E-state index in [1.54, 1.807) is 31.3 Å². The Hall–Kier alpha value is -3.33. The van der Waals surface area contributed by atoms with E-state index in [9.17, 15) is 13.2 Å². The number of rotatable bonds is 9. The second-order valence-electron chi connectivity index (χ2n) is 9.18. The number of benzene rings is 3. The smallest absolute Gasteiger partial charge is 0.244 e. The van der Waals surface area contributed by atoms with Crippen molar-refractivity contribution in [3.8, 4) is 11.3 Å². The fourth-order valence-corrected chi connectivity index (χ4v) is 6.93. The summed E-state index contributed by atoms with van der Waals surface area (Å²) in [6.07, 6.45) is 0.496. The lowest BCUT2D eigenvalue weighted by molar-refractivity contribution is -0.116. The lowest BCUT2D eigenvalue weighted by Crippen LogP contribution is -2.39. The Balaban J connectivity index is 1.59. The average Bonchev–Trinajstić information content (AvgIpc) is 3.28. The molecule has 0 spiro atoms. The Kier molecular flexibility index (Phi) is 8.22. The van der Waals surface area contributed by atoms with Gasteiger partial charge in [0.2, 0.25) is 15.9 Å². The molecule has 0 saturated carbocycles. The molecule has 192 valence electrons. The molecule has 1 aromatic heterocycles. The first-order valence-electron chi connectivity index (χ1n) is 12.1. The Bertz CT molecular complexity index is 1490. The van der Waals surface area contributed by atoms with Crippen molar-refractivity contribution in [1.29, 1.82) is 0 Å². The first-order chi connectivity index (χ1) is 17.6. The molecular formula is C29H31N3O3S2. The van der Waals surface area contributed by atoms with Crippen LogP contribution in [-0.4, -0.2) is 36.7 Å². The largest absolute Gasteiger partial charge is 0.325 e. The van der Waals surface area contributed by atoms with Gasteiger partial charge in [-0.25, -0.2) is 13.4 Å². The van der Waals surface area contributed by atoms with E-state index in [1.807, 2.05) is 79.9 Å². The van der Waals surface area contributed by atoms with Gasteiger partial charge in [0.25, 0.3) is 0 Å². The highest BCUT2D eigenvalue weighted by atomic mass is 32.2. The monoisotopic (exact) mass is 533 g/mol. The highest BCUT2D eigenvalue weighted by molar-refractivity contribution is 7.89. The minimum Gasteiger partial charge on any atom is -0.325 e. The third-order valence-electron chi connectivity index (χ3n) is 6.08. The van der Waals surface area contributed by atoms with Crippen molar-refractivity contribution in [2.45, 2.75) is 39.0 Å². The van der Waals surface area contributed by atoms with Crippen molar-refractivity contribution in [3.63, 3.8) is 0 Å². The van der Waals surface area contributed by atoms with Crippen LogP contribution in [0.4, 0.5) is 5.69 Å². The molecule has 37 heavy (non-hydrogen) atoms. The van der Waals surface area contributed by atoms with Crippen LogP contribution in [0, 0.1) is 27.7 Å². The average molecular weight is 534 g/mol. The van der Waals surface area contributed by atoms with Gasteiger partial charge in [0.1, 0.15) is 0 Å². The Morgan fingerprint density at radius 1 is 0.946 bits per heavy atom. The summed E-state index contributed by atoms with van der Waals surface area (Å²) < 4.78 is 29.0. The molecule has 0 aliphatic carbocycles. The number of aromatic nitrogens is 1. The van der Waals surface area contributed by atoms with E-state index in [0.29, 0.717) is 23.2 Å². The van der Waals surface area contributed by atoms with Gasteiger partial charge in [-0.1, -0.05) is 60.2 Å². The zero-order valence-electron chi connectivity index (χ0n) is 21.5. The summed E-state index contributed by atoms with van der Waals surface area (Å²) in [5.41, 5.74) is 5.68. The molecule has 0 saturated heterocycles. The number of nitrogens with one attached hydrogen (secondary N) is 1. The molecular weight excluding hydrogens is 502 g/mol. The number of hydrogen-bond acceptors (Lipinski definition) is 5. The van der Waals surface area contributed by atoms with Crippen LogP contribution in [0.3, 0.4) is 0 Å². The van der Waals surface area contributed by atoms with Crippen molar-refractivity contribution in [3.05, 3.63) is 99.4 Å². The van der Waals surface area contributed by atoms with Crippen LogP contribution >= 0.6 is 11.3 Å². The van der Waals surface area contributed by atoms with Gasteiger partial charge in [0.05, 0.1) is 22.1 Å². The van der Waals surface area contributed by atoms with Gasteiger partial charge in [-0.2, -0.15) is 4.31 Å². The Morgan fingerprint density at radius 2 is 1.65 bits per heavy atom. The van der Waals surface area contributed by atoms with E-state index in [0.717, 1.165) is 27.4 Å². The normalized spacial score (nSPS) is 11.6. The van der Waals surface area contributed by atoms with Crippen molar-refractivity contribution >= 4 is 33.0 Å². The molecule has 0 aliphatic rings. The quantitative estimate of drug-likeness (QED) is 0.290. The van der Waals surface area contributed by atoms with Gasteiger partial charge in [-0.15, -0.1) is 11.3 Å². The SMILES string of the molecule is Cc1cc(C)c(S(=O)(=O)N(CCc2ccccc2)CC(=O)Nc2cccc(-c3csc(C)n3)c2)c(C)c1. The molecule has 4 aromatic rings. The van der Waals surface area contributed by atoms with E-state index in [2.05, 4.69) is 10.3 Å². The van der Waals surface area contributed by atoms with E-state index in [-0.39, 0.29) is 18.0 Å². The summed E-state index contributed by atoms with van der Waals surface area (Å²) in [6.45, 7) is 7.38. The maximum atomic E-state index is 13.9. The molecule has 0 bridgehead atoms. The standard InChI is InChI=1S/C29H31N3O3S2/c1-20-15-21(2)29(22(3)16-20)37(34,35)32(14-13-24-9-6-5-7-10-24)18-28(33)31-26-12-8-11-25(17-26)27-19-36-23(4)30-27/h5-12,15-17,19H,13-14,18H2,1-4H3,(H,31,33). The van der Waals surface area contributed by atoms with Crippen LogP contribution in [0.1, 0.15) is 27.3 Å². The third kappa shape index (κ3) is 6.52. The van der Waals surface area contributed by atoms with E-state index >= 15 is 0 Å². The van der Waals surface area contributed by atoms with Crippen molar-refractivity contribution in [1.82, 2.24) is 9.29 Å². The van der Waals surface area contributed by atoms with Gasteiger partial charge >= 0.3 is 0 Å². The molecule has 0 radical (unpaired) electrons. The first-order valence-corrected chi connectivity index (χ1v) is 14.4.